The van der Waals surface area contributed by atoms with Crippen LogP contribution in [0.15, 0.2) is 41.1 Å². The van der Waals surface area contributed by atoms with Crippen LogP contribution in [0.5, 0.6) is 11.5 Å². The van der Waals surface area contributed by atoms with Crippen LogP contribution in [0.25, 0.3) is 11.3 Å². The number of rotatable bonds is 8. The monoisotopic (exact) mass is 483 g/mol. The molecule has 0 bridgehead atoms. The summed E-state index contributed by atoms with van der Waals surface area (Å²) >= 11 is 1.53. The molecule has 4 rings (SSSR count). The molecule has 3 aromatic rings. The molecule has 1 saturated heterocycles. The van der Waals surface area contributed by atoms with Gasteiger partial charge in [0, 0.05) is 57.3 Å². The highest BCUT2D eigenvalue weighted by Gasteiger charge is 2.22. The van der Waals surface area contributed by atoms with E-state index in [1.54, 1.807) is 32.0 Å². The first-order valence-corrected chi connectivity index (χ1v) is 12.0. The fourth-order valence-electron chi connectivity index (χ4n) is 3.99. The maximum Gasteiger partial charge on any atom is 0.269 e. The van der Waals surface area contributed by atoms with Gasteiger partial charge in [-0.15, -0.1) is 0 Å². The number of ether oxygens (including phenoxy) is 2. The van der Waals surface area contributed by atoms with E-state index in [0.717, 1.165) is 30.8 Å². The molecule has 0 atom stereocenters. The number of benzene rings is 1. The lowest BCUT2D eigenvalue weighted by molar-refractivity contribution is 0.0638. The first kappa shape index (κ1) is 23.8. The second-order valence-corrected chi connectivity index (χ2v) is 8.79. The third-order valence-corrected chi connectivity index (χ3v) is 6.62. The van der Waals surface area contributed by atoms with E-state index >= 15 is 0 Å². The summed E-state index contributed by atoms with van der Waals surface area (Å²) < 4.78 is 12.3. The Kier molecular flexibility index (Phi) is 7.49. The Morgan fingerprint density at radius 3 is 2.56 bits per heavy atom. The normalized spacial score (nSPS) is 14.1. The Hall–Kier alpha value is -3.37. The van der Waals surface area contributed by atoms with Gasteiger partial charge in [-0.1, -0.05) is 0 Å². The largest absolute Gasteiger partial charge is 0.497 e. The van der Waals surface area contributed by atoms with Gasteiger partial charge in [0.25, 0.3) is 11.8 Å². The Bertz CT molecular complexity index is 1140. The summed E-state index contributed by atoms with van der Waals surface area (Å²) in [5, 5.41) is 11.3. The number of carbonyl (C=O) groups is 2. The van der Waals surface area contributed by atoms with E-state index in [9.17, 15) is 9.59 Å². The van der Waals surface area contributed by atoms with E-state index in [0.29, 0.717) is 42.5 Å². The predicted molar refractivity (Wildman–Crippen MR) is 131 cm³/mol. The van der Waals surface area contributed by atoms with E-state index in [1.807, 2.05) is 39.9 Å². The van der Waals surface area contributed by atoms with E-state index in [1.165, 1.54) is 11.3 Å². The number of amides is 2. The van der Waals surface area contributed by atoms with Gasteiger partial charge in [-0.25, -0.2) is 0 Å². The van der Waals surface area contributed by atoms with Gasteiger partial charge in [0.15, 0.2) is 0 Å². The lowest BCUT2D eigenvalue weighted by atomic mass is 10.1. The van der Waals surface area contributed by atoms with Gasteiger partial charge in [-0.05, 0) is 35.7 Å². The quantitative estimate of drug-likeness (QED) is 0.529. The number of hydrogen-bond donors (Lipinski definition) is 1. The van der Waals surface area contributed by atoms with Crippen molar-refractivity contribution in [2.45, 2.75) is 0 Å². The van der Waals surface area contributed by atoms with Crippen molar-refractivity contribution in [1.29, 1.82) is 0 Å². The first-order valence-electron chi connectivity index (χ1n) is 11.1. The van der Waals surface area contributed by atoms with Crippen LogP contribution in [-0.2, 0) is 7.05 Å². The third kappa shape index (κ3) is 5.23. The average molecular weight is 484 g/mol. The fraction of sp³-hybridized carbons (Fsp3) is 0.375. The highest BCUT2D eigenvalue weighted by atomic mass is 32.1. The van der Waals surface area contributed by atoms with Gasteiger partial charge in [0.1, 0.15) is 17.2 Å². The fourth-order valence-corrected chi connectivity index (χ4v) is 4.62. The van der Waals surface area contributed by atoms with Crippen LogP contribution in [0.1, 0.15) is 20.8 Å². The molecule has 34 heavy (non-hydrogen) atoms. The zero-order valence-electron chi connectivity index (χ0n) is 19.6. The van der Waals surface area contributed by atoms with Gasteiger partial charge in [-0.2, -0.15) is 16.4 Å². The van der Waals surface area contributed by atoms with Gasteiger partial charge in [0.2, 0.25) is 0 Å². The molecule has 0 aliphatic carbocycles. The highest BCUT2D eigenvalue weighted by Crippen LogP contribution is 2.32. The van der Waals surface area contributed by atoms with Gasteiger partial charge in [-0.3, -0.25) is 19.2 Å². The average Bonchev–Trinajstić information content (AvgIpc) is 3.54. The number of nitrogens with one attached hydrogen (secondary N) is 1. The molecule has 9 nitrogen and oxygen atoms in total. The summed E-state index contributed by atoms with van der Waals surface area (Å²) in [6.45, 7) is 4.20. The second-order valence-electron chi connectivity index (χ2n) is 8.01. The molecule has 1 aliphatic rings. The summed E-state index contributed by atoms with van der Waals surface area (Å²) in [6, 6.07) is 9.09. The van der Waals surface area contributed by atoms with Crippen molar-refractivity contribution in [3.63, 3.8) is 0 Å². The first-order chi connectivity index (χ1) is 16.5. The molecule has 0 spiro atoms. The van der Waals surface area contributed by atoms with Gasteiger partial charge < -0.3 is 19.7 Å². The molecule has 1 fully saturated rings. The number of piperazine rings is 1. The van der Waals surface area contributed by atoms with Crippen molar-refractivity contribution in [3.05, 3.63) is 52.3 Å². The SMILES string of the molecule is COc1ccc(OC)c(-c2cc(C(=O)NCCN3CCN(C(=O)c4ccsc4)CC3)n(C)n2)c1. The van der Waals surface area contributed by atoms with Crippen LogP contribution in [0.3, 0.4) is 0 Å². The molecule has 10 heteroatoms. The van der Waals surface area contributed by atoms with Crippen LogP contribution in [0.2, 0.25) is 0 Å². The number of hydrogen-bond acceptors (Lipinski definition) is 7. The zero-order valence-corrected chi connectivity index (χ0v) is 20.4. The summed E-state index contributed by atoms with van der Waals surface area (Å²) in [5.41, 5.74) is 2.61. The van der Waals surface area contributed by atoms with Crippen molar-refractivity contribution in [1.82, 2.24) is 24.9 Å². The van der Waals surface area contributed by atoms with E-state index in [4.69, 9.17) is 9.47 Å². The minimum absolute atomic E-state index is 0.0916. The third-order valence-electron chi connectivity index (χ3n) is 5.94. The molecule has 2 aromatic heterocycles. The minimum Gasteiger partial charge on any atom is -0.497 e. The number of aryl methyl sites for hydroxylation is 1. The molecule has 1 aromatic carbocycles. The molecule has 0 radical (unpaired) electrons. The van der Waals surface area contributed by atoms with Crippen LogP contribution >= 0.6 is 11.3 Å². The maximum absolute atomic E-state index is 12.8. The number of aromatic nitrogens is 2. The smallest absolute Gasteiger partial charge is 0.269 e. The molecular formula is C24H29N5O4S. The minimum atomic E-state index is -0.186. The maximum atomic E-state index is 12.8. The molecule has 1 aliphatic heterocycles. The molecule has 0 unspecified atom stereocenters. The standard InChI is InChI=1S/C24H29N5O4S/c1-27-21(15-20(26-27)19-14-18(32-2)4-5-22(19)33-3)23(30)25-7-8-28-9-11-29(12-10-28)24(31)17-6-13-34-16-17/h4-6,13-16H,7-12H2,1-3H3,(H,25,30). The number of methoxy groups -OCH3 is 2. The number of carbonyl (C=O) groups excluding carboxylic acids is 2. The molecule has 2 amide bonds. The number of thiophene rings is 1. The lowest BCUT2D eigenvalue weighted by Crippen LogP contribution is -2.50. The van der Waals surface area contributed by atoms with Crippen molar-refractivity contribution >= 4 is 23.2 Å². The lowest BCUT2D eigenvalue weighted by Gasteiger charge is -2.34. The van der Waals surface area contributed by atoms with Crippen molar-refractivity contribution < 1.29 is 19.1 Å². The van der Waals surface area contributed by atoms with Crippen LogP contribution < -0.4 is 14.8 Å². The Morgan fingerprint density at radius 1 is 1.09 bits per heavy atom. The Morgan fingerprint density at radius 2 is 1.88 bits per heavy atom. The Balaban J connectivity index is 1.30. The second kappa shape index (κ2) is 10.7. The summed E-state index contributed by atoms with van der Waals surface area (Å²) in [5.74, 6) is 1.25. The van der Waals surface area contributed by atoms with Crippen LogP contribution in [-0.4, -0.2) is 84.9 Å². The van der Waals surface area contributed by atoms with Gasteiger partial charge >= 0.3 is 0 Å². The van der Waals surface area contributed by atoms with E-state index in [2.05, 4.69) is 15.3 Å². The van der Waals surface area contributed by atoms with E-state index in [-0.39, 0.29) is 11.8 Å². The molecule has 180 valence electrons. The van der Waals surface area contributed by atoms with Crippen molar-refractivity contribution in [2.75, 3.05) is 53.5 Å². The number of nitrogens with zero attached hydrogens (tertiary/aromatic N) is 4. The topological polar surface area (TPSA) is 88.9 Å². The molecule has 3 heterocycles. The highest BCUT2D eigenvalue weighted by molar-refractivity contribution is 7.08. The zero-order chi connectivity index (χ0) is 24.1. The molecule has 1 N–H and O–H groups in total. The van der Waals surface area contributed by atoms with Crippen LogP contribution in [0, 0.1) is 0 Å². The summed E-state index contributed by atoms with van der Waals surface area (Å²) in [4.78, 5) is 29.4. The van der Waals surface area contributed by atoms with Crippen molar-refractivity contribution in [3.8, 4) is 22.8 Å². The van der Waals surface area contributed by atoms with Crippen LogP contribution in [0.4, 0.5) is 0 Å². The molecule has 0 saturated carbocycles. The summed E-state index contributed by atoms with van der Waals surface area (Å²) in [6.07, 6.45) is 0. The van der Waals surface area contributed by atoms with Crippen molar-refractivity contribution in [2.24, 2.45) is 7.05 Å². The Labute approximate surface area is 202 Å². The predicted octanol–water partition coefficient (Wildman–Crippen LogP) is 2.35. The van der Waals surface area contributed by atoms with E-state index < -0.39 is 0 Å². The van der Waals surface area contributed by atoms with Gasteiger partial charge in [0.05, 0.1) is 25.5 Å². The molecular weight excluding hydrogens is 454 g/mol. The summed E-state index contributed by atoms with van der Waals surface area (Å²) in [7, 11) is 4.94.